The third kappa shape index (κ3) is 7.32. The van der Waals surface area contributed by atoms with E-state index >= 15 is 0 Å². The van der Waals surface area contributed by atoms with Crippen LogP contribution in [0.2, 0.25) is 0 Å². The van der Waals surface area contributed by atoms with Crippen LogP contribution >= 0.6 is 0 Å². The van der Waals surface area contributed by atoms with Gasteiger partial charge in [0.2, 0.25) is 5.95 Å². The molecule has 1 atom stereocenters. The van der Waals surface area contributed by atoms with Crippen LogP contribution in [0.5, 0.6) is 0 Å². The molecule has 2 amide bonds. The van der Waals surface area contributed by atoms with Gasteiger partial charge < -0.3 is 24.3 Å². The van der Waals surface area contributed by atoms with Crippen LogP contribution in [0.25, 0.3) is 11.2 Å². The summed E-state index contributed by atoms with van der Waals surface area (Å²) in [6.45, 7) is 9.88. The molecule has 14 heteroatoms. The number of carbonyl (C=O) groups excluding carboxylic acids is 3. The summed E-state index contributed by atoms with van der Waals surface area (Å²) in [5.74, 6) is -0.0569. The zero-order valence-corrected chi connectivity index (χ0v) is 27.5. The van der Waals surface area contributed by atoms with Crippen LogP contribution in [-0.4, -0.2) is 75.0 Å². The van der Waals surface area contributed by atoms with Gasteiger partial charge in [0.1, 0.15) is 5.60 Å². The van der Waals surface area contributed by atoms with E-state index in [9.17, 15) is 24.0 Å². The van der Waals surface area contributed by atoms with Crippen molar-refractivity contribution in [1.29, 1.82) is 0 Å². The number of rotatable bonds is 9. The van der Waals surface area contributed by atoms with Gasteiger partial charge in [-0.2, -0.15) is 4.98 Å². The number of hydrogen-bond acceptors (Lipinski definition) is 9. The predicted molar refractivity (Wildman–Crippen MR) is 175 cm³/mol. The molecule has 0 spiro atoms. The van der Waals surface area contributed by atoms with Crippen LogP contribution in [0.3, 0.4) is 0 Å². The van der Waals surface area contributed by atoms with Gasteiger partial charge in [-0.3, -0.25) is 23.6 Å². The molecule has 1 saturated heterocycles. The molecule has 0 saturated carbocycles. The van der Waals surface area contributed by atoms with E-state index in [1.807, 2.05) is 24.0 Å². The van der Waals surface area contributed by atoms with Gasteiger partial charge in [0.25, 0.3) is 5.56 Å². The molecule has 1 unspecified atom stereocenters. The molecular formula is C32H43N7O7. The Bertz CT molecular complexity index is 1760. The molecule has 0 aliphatic carbocycles. The van der Waals surface area contributed by atoms with E-state index in [-0.39, 0.29) is 41.6 Å². The first kappa shape index (κ1) is 34.0. The van der Waals surface area contributed by atoms with E-state index in [1.165, 1.54) is 29.6 Å². The molecule has 1 fully saturated rings. The van der Waals surface area contributed by atoms with Gasteiger partial charge in [-0.1, -0.05) is 24.3 Å². The lowest BCUT2D eigenvalue weighted by Gasteiger charge is -2.34. The zero-order chi connectivity index (χ0) is 33.8. The quantitative estimate of drug-likeness (QED) is 0.275. The number of benzene rings is 1. The topological polar surface area (TPSA) is 150 Å². The highest BCUT2D eigenvalue weighted by Crippen LogP contribution is 2.25. The molecule has 1 aliphatic rings. The fraction of sp³-hybridized carbons (Fsp3) is 0.500. The van der Waals surface area contributed by atoms with Crippen LogP contribution in [0, 0.1) is 0 Å². The molecule has 14 nitrogen and oxygen atoms in total. The lowest BCUT2D eigenvalue weighted by atomic mass is 10.1. The summed E-state index contributed by atoms with van der Waals surface area (Å²) < 4.78 is 14.4. The Balaban J connectivity index is 1.73. The fourth-order valence-electron chi connectivity index (χ4n) is 5.42. The number of piperidine rings is 1. The van der Waals surface area contributed by atoms with Crippen molar-refractivity contribution in [3.63, 3.8) is 0 Å². The van der Waals surface area contributed by atoms with Crippen molar-refractivity contribution in [2.45, 2.75) is 72.2 Å². The number of carbonyl (C=O) groups is 3. The van der Waals surface area contributed by atoms with Crippen molar-refractivity contribution in [2.24, 2.45) is 7.05 Å². The Kier molecular flexibility index (Phi) is 10.4. The summed E-state index contributed by atoms with van der Waals surface area (Å²) in [6.07, 6.45) is 4.06. The van der Waals surface area contributed by atoms with Crippen LogP contribution in [0.4, 0.5) is 21.2 Å². The largest absolute Gasteiger partial charge is 0.449 e. The van der Waals surface area contributed by atoms with Crippen molar-refractivity contribution < 1.29 is 23.9 Å². The molecule has 46 heavy (non-hydrogen) atoms. The number of amides is 2. The third-order valence-electron chi connectivity index (χ3n) is 7.57. The van der Waals surface area contributed by atoms with E-state index in [4.69, 9.17) is 14.5 Å². The average molecular weight is 638 g/mol. The summed E-state index contributed by atoms with van der Waals surface area (Å²) in [5, 5.41) is 2.93. The number of alkyl carbamates (subject to hydrolysis) is 1. The molecule has 4 rings (SSSR count). The molecule has 1 aliphatic heterocycles. The van der Waals surface area contributed by atoms with Gasteiger partial charge in [0.05, 0.1) is 18.8 Å². The number of aromatic nitrogens is 4. The lowest BCUT2D eigenvalue weighted by Crippen LogP contribution is -2.49. The minimum atomic E-state index is -0.701. The van der Waals surface area contributed by atoms with E-state index in [0.717, 1.165) is 17.4 Å². The third-order valence-corrected chi connectivity index (χ3v) is 7.57. The Morgan fingerprint density at radius 1 is 1.15 bits per heavy atom. The number of allylic oxidation sites excluding steroid dienone is 2. The van der Waals surface area contributed by atoms with E-state index < -0.39 is 41.4 Å². The van der Waals surface area contributed by atoms with Gasteiger partial charge >= 0.3 is 17.9 Å². The number of para-hydroxylation sites is 1. The molecule has 2 aromatic heterocycles. The van der Waals surface area contributed by atoms with Gasteiger partial charge in [-0.15, -0.1) is 0 Å². The van der Waals surface area contributed by atoms with Crippen molar-refractivity contribution >= 4 is 40.8 Å². The van der Waals surface area contributed by atoms with Crippen molar-refractivity contribution in [3.05, 3.63) is 62.8 Å². The Hall–Kier alpha value is -4.88. The van der Waals surface area contributed by atoms with Crippen molar-refractivity contribution in [1.82, 2.24) is 24.0 Å². The normalized spacial score (nSPS) is 15.3. The number of hydrogen-bond donors (Lipinski definition) is 1. The van der Waals surface area contributed by atoms with Crippen LogP contribution in [0.15, 0.2) is 46.0 Å². The van der Waals surface area contributed by atoms with Gasteiger partial charge in [0.15, 0.2) is 16.9 Å². The van der Waals surface area contributed by atoms with Gasteiger partial charge in [-0.05, 0) is 59.6 Å². The molecule has 3 aromatic rings. The summed E-state index contributed by atoms with van der Waals surface area (Å²) in [4.78, 5) is 74.0. The SMILES string of the molecule is CC=CCn1c(N2CCCC(NC(=O)OC(C)(C)C)C2)nc2c1c(=O)n(CC(=O)c1ccccc1N(C)C(=O)OCC)c(=O)n2C. The van der Waals surface area contributed by atoms with Gasteiger partial charge in [0, 0.05) is 45.3 Å². The molecule has 1 N–H and O–H groups in total. The number of fused-ring (bicyclic) bond motifs is 1. The highest BCUT2D eigenvalue weighted by molar-refractivity contribution is 6.04. The first-order valence-electron chi connectivity index (χ1n) is 15.4. The first-order chi connectivity index (χ1) is 21.8. The van der Waals surface area contributed by atoms with E-state index in [0.29, 0.717) is 19.0 Å². The monoisotopic (exact) mass is 637 g/mol. The van der Waals surface area contributed by atoms with Crippen LogP contribution < -0.4 is 26.4 Å². The number of ketones is 1. The molecule has 0 bridgehead atoms. The highest BCUT2D eigenvalue weighted by Gasteiger charge is 2.29. The Morgan fingerprint density at radius 2 is 1.87 bits per heavy atom. The van der Waals surface area contributed by atoms with E-state index in [2.05, 4.69) is 5.32 Å². The smallest absolute Gasteiger partial charge is 0.414 e. The molecule has 248 valence electrons. The standard InChI is InChI=1S/C32H43N7O7/c1-8-10-18-38-25-26(34-28(38)37-17-13-14-21(19-37)33-29(42)46-32(3,4)5)36(7)30(43)39(27(25)41)20-24(40)22-15-11-12-16-23(22)35(6)31(44)45-9-2/h8,10-12,15-16,21H,9,13-14,17-20H2,1-7H3,(H,33,42). The molecule has 3 heterocycles. The summed E-state index contributed by atoms with van der Waals surface area (Å²) >= 11 is 0. The predicted octanol–water partition coefficient (Wildman–Crippen LogP) is 3.44. The number of anilines is 2. The Morgan fingerprint density at radius 3 is 2.54 bits per heavy atom. The van der Waals surface area contributed by atoms with Crippen molar-refractivity contribution in [2.75, 3.05) is 36.5 Å². The average Bonchev–Trinajstić information content (AvgIpc) is 3.39. The summed E-state index contributed by atoms with van der Waals surface area (Å²) in [7, 11) is 2.99. The Labute approximate surface area is 267 Å². The second-order valence-corrected chi connectivity index (χ2v) is 12.1. The molecule has 1 aromatic carbocycles. The molecule has 0 radical (unpaired) electrons. The maximum absolute atomic E-state index is 14.0. The number of aryl methyl sites for hydroxylation is 1. The van der Waals surface area contributed by atoms with Crippen LogP contribution in [0.1, 0.15) is 57.8 Å². The van der Waals surface area contributed by atoms with Gasteiger partial charge in [-0.25, -0.2) is 14.4 Å². The fourth-order valence-corrected chi connectivity index (χ4v) is 5.42. The zero-order valence-electron chi connectivity index (χ0n) is 27.5. The van der Waals surface area contributed by atoms with Crippen molar-refractivity contribution in [3.8, 4) is 0 Å². The minimum Gasteiger partial charge on any atom is -0.449 e. The lowest BCUT2D eigenvalue weighted by molar-refractivity contribution is 0.0499. The number of ether oxygens (including phenoxy) is 2. The molecular weight excluding hydrogens is 594 g/mol. The minimum absolute atomic E-state index is 0.159. The number of Topliss-reactive ketones (excluding diaryl/α,β-unsaturated/α-hetero) is 1. The highest BCUT2D eigenvalue weighted by atomic mass is 16.6. The number of nitrogens with one attached hydrogen (secondary N) is 1. The maximum Gasteiger partial charge on any atom is 0.414 e. The maximum atomic E-state index is 14.0. The first-order valence-corrected chi connectivity index (χ1v) is 15.4. The number of nitrogens with zero attached hydrogens (tertiary/aromatic N) is 6. The summed E-state index contributed by atoms with van der Waals surface area (Å²) in [5.41, 5.74) is -1.20. The summed E-state index contributed by atoms with van der Waals surface area (Å²) in [6, 6.07) is 6.23. The van der Waals surface area contributed by atoms with E-state index in [1.54, 1.807) is 50.5 Å². The second-order valence-electron chi connectivity index (χ2n) is 12.1. The second kappa shape index (κ2) is 14.0. The van der Waals surface area contributed by atoms with Crippen LogP contribution in [-0.2, 0) is 29.6 Å². The number of imidazole rings is 1.